The predicted molar refractivity (Wildman–Crippen MR) is 93.3 cm³/mol. The van der Waals surface area contributed by atoms with Crippen LogP contribution < -0.4 is 10.1 Å². The van der Waals surface area contributed by atoms with E-state index < -0.39 is 0 Å². The highest BCUT2D eigenvalue weighted by Crippen LogP contribution is 2.33. The summed E-state index contributed by atoms with van der Waals surface area (Å²) in [5, 5.41) is 9.16. The van der Waals surface area contributed by atoms with Crippen LogP contribution in [0.4, 0.5) is 0 Å². The van der Waals surface area contributed by atoms with Crippen LogP contribution in [0.2, 0.25) is 10.0 Å². The van der Waals surface area contributed by atoms with Gasteiger partial charge in [-0.1, -0.05) is 36.0 Å². The maximum absolute atomic E-state index is 6.21. The Morgan fingerprint density at radius 2 is 2.04 bits per heavy atom. The van der Waals surface area contributed by atoms with Crippen LogP contribution in [0.3, 0.4) is 0 Å². The highest BCUT2D eigenvalue weighted by Gasteiger charge is 2.22. The molecule has 1 aliphatic rings. The Morgan fingerprint density at radius 3 is 2.78 bits per heavy atom. The number of hydrogen-bond acceptors (Lipinski definition) is 3. The predicted octanol–water partition coefficient (Wildman–Crippen LogP) is 4.60. The Morgan fingerprint density at radius 1 is 1.26 bits per heavy atom. The molecule has 1 N–H and O–H groups in total. The van der Waals surface area contributed by atoms with Gasteiger partial charge in [-0.3, -0.25) is 0 Å². The van der Waals surface area contributed by atoms with Crippen molar-refractivity contribution in [1.82, 2.24) is 15.1 Å². The van der Waals surface area contributed by atoms with Crippen LogP contribution in [-0.4, -0.2) is 16.8 Å². The van der Waals surface area contributed by atoms with Crippen molar-refractivity contribution in [3.63, 3.8) is 0 Å². The van der Waals surface area contributed by atoms with E-state index in [1.807, 2.05) is 23.9 Å². The lowest BCUT2D eigenvalue weighted by molar-refractivity contribution is 0.259. The van der Waals surface area contributed by atoms with Crippen molar-refractivity contribution in [1.29, 1.82) is 0 Å². The molecule has 1 aromatic carbocycles. The van der Waals surface area contributed by atoms with Crippen LogP contribution in [0.25, 0.3) is 0 Å². The molecule has 6 heteroatoms. The van der Waals surface area contributed by atoms with Gasteiger partial charge in [-0.25, -0.2) is 4.68 Å². The number of aromatic nitrogens is 2. The van der Waals surface area contributed by atoms with Crippen molar-refractivity contribution in [3.05, 3.63) is 45.6 Å². The second kappa shape index (κ2) is 7.56. The third-order valence-electron chi connectivity index (χ3n) is 4.16. The summed E-state index contributed by atoms with van der Waals surface area (Å²) >= 11 is 12.3. The molecule has 3 rings (SSSR count). The standard InChI is InChI=1S/C17H21Cl2N3O/c1-20-10-14-9-17(22(21-14)15-4-2-3-5-15)23-11-12-8-13(18)6-7-16(12)19/h6-9,15,20H,2-5,10-11H2,1H3. The summed E-state index contributed by atoms with van der Waals surface area (Å²) in [6, 6.07) is 7.86. The van der Waals surface area contributed by atoms with Gasteiger partial charge in [0, 0.05) is 28.2 Å². The number of rotatable bonds is 6. The summed E-state index contributed by atoms with van der Waals surface area (Å²) in [6.45, 7) is 1.12. The molecule has 0 spiro atoms. The minimum absolute atomic E-state index is 0.386. The lowest BCUT2D eigenvalue weighted by atomic mass is 10.2. The van der Waals surface area contributed by atoms with E-state index in [1.165, 1.54) is 12.8 Å². The van der Waals surface area contributed by atoms with Gasteiger partial charge in [-0.15, -0.1) is 0 Å². The average Bonchev–Trinajstić information content (AvgIpc) is 3.18. The van der Waals surface area contributed by atoms with Gasteiger partial charge in [0.2, 0.25) is 5.88 Å². The van der Waals surface area contributed by atoms with E-state index in [1.54, 1.807) is 12.1 Å². The summed E-state index contributed by atoms with van der Waals surface area (Å²) in [6.07, 6.45) is 4.83. The van der Waals surface area contributed by atoms with E-state index in [0.717, 1.165) is 36.5 Å². The topological polar surface area (TPSA) is 39.1 Å². The normalized spacial score (nSPS) is 15.3. The summed E-state index contributed by atoms with van der Waals surface area (Å²) < 4.78 is 8.07. The molecule has 2 aromatic rings. The van der Waals surface area contributed by atoms with Gasteiger partial charge >= 0.3 is 0 Å². The van der Waals surface area contributed by atoms with Gasteiger partial charge in [0.25, 0.3) is 0 Å². The van der Waals surface area contributed by atoms with Crippen molar-refractivity contribution < 1.29 is 4.74 Å². The Hall–Kier alpha value is -1.23. The molecule has 1 heterocycles. The first-order valence-electron chi connectivity index (χ1n) is 7.97. The number of nitrogens with one attached hydrogen (secondary N) is 1. The van der Waals surface area contributed by atoms with Gasteiger partial charge in [0.05, 0.1) is 11.7 Å². The zero-order chi connectivity index (χ0) is 16.2. The SMILES string of the molecule is CNCc1cc(OCc2cc(Cl)ccc2Cl)n(C2CCCC2)n1. The molecule has 0 aliphatic heterocycles. The monoisotopic (exact) mass is 353 g/mol. The fourth-order valence-electron chi connectivity index (χ4n) is 3.02. The van der Waals surface area contributed by atoms with Crippen LogP contribution in [0.1, 0.15) is 43.0 Å². The molecular weight excluding hydrogens is 333 g/mol. The average molecular weight is 354 g/mol. The molecule has 124 valence electrons. The van der Waals surface area contributed by atoms with Gasteiger partial charge in [-0.05, 0) is 38.1 Å². The molecule has 1 aliphatic carbocycles. The second-order valence-electron chi connectivity index (χ2n) is 5.91. The fraction of sp³-hybridized carbons (Fsp3) is 0.471. The summed E-state index contributed by atoms with van der Waals surface area (Å²) in [4.78, 5) is 0. The lowest BCUT2D eigenvalue weighted by Crippen LogP contribution is -2.11. The highest BCUT2D eigenvalue weighted by molar-refractivity contribution is 6.33. The molecule has 0 saturated heterocycles. The van der Waals surface area contributed by atoms with E-state index in [4.69, 9.17) is 33.0 Å². The molecular formula is C17H21Cl2N3O. The molecule has 0 radical (unpaired) electrons. The van der Waals surface area contributed by atoms with Crippen molar-refractivity contribution in [2.45, 2.75) is 44.9 Å². The quantitative estimate of drug-likeness (QED) is 0.824. The summed E-state index contributed by atoms with van der Waals surface area (Å²) in [5.74, 6) is 0.804. The zero-order valence-electron chi connectivity index (χ0n) is 13.2. The number of halogens is 2. The Kier molecular flexibility index (Phi) is 5.46. The molecule has 0 amide bonds. The van der Waals surface area contributed by atoms with E-state index in [0.29, 0.717) is 22.7 Å². The lowest BCUT2D eigenvalue weighted by Gasteiger charge is -2.15. The maximum Gasteiger partial charge on any atom is 0.212 e. The largest absolute Gasteiger partial charge is 0.473 e. The molecule has 0 bridgehead atoms. The summed E-state index contributed by atoms with van der Waals surface area (Å²) in [5.41, 5.74) is 1.88. The van der Waals surface area contributed by atoms with Crippen LogP contribution in [0.15, 0.2) is 24.3 Å². The van der Waals surface area contributed by atoms with E-state index in [9.17, 15) is 0 Å². The number of nitrogens with zero attached hydrogens (tertiary/aromatic N) is 2. The first-order valence-corrected chi connectivity index (χ1v) is 8.72. The van der Waals surface area contributed by atoms with Crippen LogP contribution >= 0.6 is 23.2 Å². The third kappa shape index (κ3) is 4.00. The number of benzene rings is 1. The highest BCUT2D eigenvalue weighted by atomic mass is 35.5. The third-order valence-corrected chi connectivity index (χ3v) is 4.77. The van der Waals surface area contributed by atoms with Crippen molar-refractivity contribution in [2.75, 3.05) is 7.05 Å². The van der Waals surface area contributed by atoms with Gasteiger partial charge in [0.1, 0.15) is 6.61 Å². The zero-order valence-corrected chi connectivity index (χ0v) is 14.7. The van der Waals surface area contributed by atoms with Crippen molar-refractivity contribution >= 4 is 23.2 Å². The molecule has 0 unspecified atom stereocenters. The van der Waals surface area contributed by atoms with Crippen molar-refractivity contribution in [2.24, 2.45) is 0 Å². The first-order chi connectivity index (χ1) is 11.2. The van der Waals surface area contributed by atoms with Gasteiger partial charge in [0.15, 0.2) is 0 Å². The molecule has 1 fully saturated rings. The van der Waals surface area contributed by atoms with E-state index in [2.05, 4.69) is 5.32 Å². The number of hydrogen-bond donors (Lipinski definition) is 1. The Labute approximate surface area is 146 Å². The minimum Gasteiger partial charge on any atom is -0.473 e. The van der Waals surface area contributed by atoms with Crippen LogP contribution in [0, 0.1) is 0 Å². The minimum atomic E-state index is 0.386. The molecule has 0 atom stereocenters. The van der Waals surface area contributed by atoms with Crippen LogP contribution in [0.5, 0.6) is 5.88 Å². The van der Waals surface area contributed by atoms with Gasteiger partial charge in [-0.2, -0.15) is 5.10 Å². The Balaban J connectivity index is 1.79. The molecule has 1 saturated carbocycles. The summed E-state index contributed by atoms with van der Waals surface area (Å²) in [7, 11) is 1.92. The fourth-order valence-corrected chi connectivity index (χ4v) is 3.38. The molecule has 4 nitrogen and oxygen atoms in total. The van der Waals surface area contributed by atoms with Gasteiger partial charge < -0.3 is 10.1 Å². The first kappa shape index (κ1) is 16.6. The number of ether oxygens (including phenoxy) is 1. The van der Waals surface area contributed by atoms with E-state index >= 15 is 0 Å². The maximum atomic E-state index is 6.21. The van der Waals surface area contributed by atoms with E-state index in [-0.39, 0.29) is 0 Å². The molecule has 1 aromatic heterocycles. The smallest absolute Gasteiger partial charge is 0.212 e. The second-order valence-corrected chi connectivity index (χ2v) is 6.76. The van der Waals surface area contributed by atoms with Crippen LogP contribution in [-0.2, 0) is 13.2 Å². The Bertz CT molecular complexity index is 666. The van der Waals surface area contributed by atoms with Crippen molar-refractivity contribution in [3.8, 4) is 5.88 Å². The molecule has 23 heavy (non-hydrogen) atoms.